The molecule has 4 N–H and O–H groups in total. The fraction of sp³-hybridized carbons (Fsp3) is 0.339. The lowest BCUT2D eigenvalue weighted by Crippen LogP contribution is -2.40. The second-order valence-electron chi connectivity index (χ2n) is 21.6. The van der Waals surface area contributed by atoms with Crippen LogP contribution < -0.4 is 11.5 Å². The molecule has 10 rings (SSSR count). The van der Waals surface area contributed by atoms with Crippen molar-refractivity contribution in [1.82, 2.24) is 59.9 Å². The number of hydrogen-bond acceptors (Lipinski definition) is 17. The van der Waals surface area contributed by atoms with E-state index in [1.165, 1.54) is 0 Å². The van der Waals surface area contributed by atoms with Crippen molar-refractivity contribution in [3.63, 3.8) is 0 Å². The SMILES string of the molecule is CC(C)(C)CCN1CCCN(C(=O)c2ccc(-c3cnc(N)c(-c4nnc(-c5ccccc5)o4)n3)cc2)CC1.CC(C)(C)OC(=O)N1CCCN(C(=O)c2ccc(-c3cnc(N)c(-c4nnc(-c5ccccc5)o4)n3)cc2)CC1.[HH].[HH]. The number of nitrogens with zero attached hydrogens (tertiary/aromatic N) is 12. The van der Waals surface area contributed by atoms with Crippen LogP contribution in [0.4, 0.5) is 16.4 Å². The second-order valence-corrected chi connectivity index (χ2v) is 21.6. The smallest absolute Gasteiger partial charge is 0.410 e. The maximum atomic E-state index is 13.3. The molecule has 3 amide bonds. The Morgan fingerprint density at radius 2 is 0.937 bits per heavy atom. The Bertz CT molecular complexity index is 3370. The van der Waals surface area contributed by atoms with Gasteiger partial charge < -0.3 is 44.6 Å². The number of nitrogens with two attached hydrogens (primary N) is 2. The summed E-state index contributed by atoms with van der Waals surface area (Å²) in [5.41, 5.74) is 18.0. The Kier molecular flexibility index (Phi) is 16.8. The molecule has 0 unspecified atom stereocenters. The van der Waals surface area contributed by atoms with Crippen molar-refractivity contribution >= 4 is 29.5 Å². The predicted octanol–water partition coefficient (Wildman–Crippen LogP) is 10.0. The van der Waals surface area contributed by atoms with Crippen LogP contribution in [-0.4, -0.2) is 142 Å². The van der Waals surface area contributed by atoms with Gasteiger partial charge in [0.1, 0.15) is 5.60 Å². The highest BCUT2D eigenvalue weighted by molar-refractivity contribution is 5.95. The van der Waals surface area contributed by atoms with Gasteiger partial charge in [0.15, 0.2) is 23.0 Å². The minimum atomic E-state index is -0.563. The molecule has 412 valence electrons. The standard InChI is InChI=1S/C30H35N7O2.C29H31N7O4.2H2/c1-30(2,3)14-17-36-15-7-16-37(19-18-36)29(38)23-12-10-21(11-13-23)24-20-32-26(31)25(33-24)28-35-34-27(39-28)22-8-5-4-6-9-22;1-29(2,3)40-28(38)36-15-7-14-35(16-17-36)27(37)21-12-10-19(11-13-21)22-18-31-24(30)23(32-22)26-34-33-25(39-26)20-8-5-4-6-9-20;;/h4-6,8-13,20H,7,14-19H2,1-3H3,(H2,31,32);4-6,8-13,18H,7,14-17H2,1-3H3,(H2,30,31);2*1H. The van der Waals surface area contributed by atoms with Crippen molar-refractivity contribution in [2.45, 2.75) is 66.4 Å². The Morgan fingerprint density at radius 3 is 1.39 bits per heavy atom. The molecule has 20 heteroatoms. The summed E-state index contributed by atoms with van der Waals surface area (Å²) in [5.74, 6) is 1.43. The Hall–Kier alpha value is -8.91. The van der Waals surface area contributed by atoms with Crippen molar-refractivity contribution in [3.05, 3.63) is 133 Å². The number of nitrogen functional groups attached to an aromatic ring is 2. The van der Waals surface area contributed by atoms with E-state index in [0.717, 1.165) is 67.8 Å². The van der Waals surface area contributed by atoms with Gasteiger partial charge in [-0.25, -0.2) is 24.7 Å². The van der Waals surface area contributed by atoms with Crippen LogP contribution in [0.3, 0.4) is 0 Å². The molecule has 2 fully saturated rings. The van der Waals surface area contributed by atoms with Gasteiger partial charge in [0.05, 0.1) is 23.8 Å². The van der Waals surface area contributed by atoms with E-state index in [1.54, 1.807) is 34.3 Å². The third-order valence-corrected chi connectivity index (χ3v) is 13.2. The highest BCUT2D eigenvalue weighted by Crippen LogP contribution is 2.31. The summed E-state index contributed by atoms with van der Waals surface area (Å²) in [6.07, 6.45) is 5.62. The lowest BCUT2D eigenvalue weighted by Gasteiger charge is -2.26. The summed E-state index contributed by atoms with van der Waals surface area (Å²) in [6, 6.07) is 33.5. The molecule has 2 aliphatic heterocycles. The zero-order valence-corrected chi connectivity index (χ0v) is 45.5. The molecule has 0 saturated carbocycles. The molecule has 20 nitrogen and oxygen atoms in total. The molecule has 6 heterocycles. The fourth-order valence-electron chi connectivity index (χ4n) is 8.88. The second kappa shape index (κ2) is 24.2. The van der Waals surface area contributed by atoms with E-state index in [4.69, 9.17) is 25.0 Å². The molecule has 8 aromatic rings. The number of anilines is 2. The largest absolute Gasteiger partial charge is 0.444 e. The molecule has 2 aliphatic rings. The van der Waals surface area contributed by atoms with E-state index in [2.05, 4.69) is 66.0 Å². The summed E-state index contributed by atoms with van der Waals surface area (Å²) in [5, 5.41) is 16.5. The third-order valence-electron chi connectivity index (χ3n) is 13.2. The number of carbonyl (C=O) groups is 3. The molecule has 79 heavy (non-hydrogen) atoms. The summed E-state index contributed by atoms with van der Waals surface area (Å²) < 4.78 is 17.1. The first-order chi connectivity index (χ1) is 37.9. The van der Waals surface area contributed by atoms with Crippen LogP contribution in [0.2, 0.25) is 0 Å². The first-order valence-electron chi connectivity index (χ1n) is 26.5. The summed E-state index contributed by atoms with van der Waals surface area (Å²) >= 11 is 0. The average Bonchev–Trinajstić information content (AvgIpc) is 4.07. The highest BCUT2D eigenvalue weighted by atomic mass is 16.6. The van der Waals surface area contributed by atoms with Gasteiger partial charge >= 0.3 is 6.09 Å². The number of aromatic nitrogens is 8. The van der Waals surface area contributed by atoms with Crippen LogP contribution in [0.15, 0.2) is 130 Å². The van der Waals surface area contributed by atoms with E-state index in [-0.39, 0.29) is 49.9 Å². The Balaban J connectivity index is 0.000000228. The van der Waals surface area contributed by atoms with Crippen LogP contribution in [-0.2, 0) is 4.74 Å². The van der Waals surface area contributed by atoms with E-state index in [0.29, 0.717) is 78.0 Å². The summed E-state index contributed by atoms with van der Waals surface area (Å²) in [6.45, 7) is 18.8. The van der Waals surface area contributed by atoms with Gasteiger partial charge in [-0.05, 0) is 107 Å². The van der Waals surface area contributed by atoms with Crippen LogP contribution in [0.25, 0.3) is 68.6 Å². The van der Waals surface area contributed by atoms with Crippen LogP contribution >= 0.6 is 0 Å². The molecular formula is C59H70N14O6. The van der Waals surface area contributed by atoms with Crippen molar-refractivity contribution < 1.29 is 30.8 Å². The highest BCUT2D eigenvalue weighted by Gasteiger charge is 2.28. The molecule has 0 aliphatic carbocycles. The monoisotopic (exact) mass is 1070 g/mol. The topological polar surface area (TPSA) is 255 Å². The summed E-state index contributed by atoms with van der Waals surface area (Å²) in [7, 11) is 0. The number of carbonyl (C=O) groups excluding carboxylic acids is 3. The van der Waals surface area contributed by atoms with E-state index >= 15 is 0 Å². The lowest BCUT2D eigenvalue weighted by molar-refractivity contribution is 0.0255. The quantitative estimate of drug-likeness (QED) is 0.129. The zero-order chi connectivity index (χ0) is 55.7. The molecule has 0 bridgehead atoms. The number of hydrogen-bond donors (Lipinski definition) is 2. The molecule has 4 aromatic carbocycles. The van der Waals surface area contributed by atoms with Crippen molar-refractivity contribution in [1.29, 1.82) is 0 Å². The van der Waals surface area contributed by atoms with Gasteiger partial charge in [-0.1, -0.05) is 81.4 Å². The number of benzene rings is 4. The van der Waals surface area contributed by atoms with Crippen LogP contribution in [0, 0.1) is 5.41 Å². The average molecular weight is 1070 g/mol. The zero-order valence-electron chi connectivity index (χ0n) is 45.5. The predicted molar refractivity (Wildman–Crippen MR) is 305 cm³/mol. The Morgan fingerprint density at radius 1 is 0.519 bits per heavy atom. The molecule has 4 aromatic heterocycles. The molecular weight excluding hydrogens is 1000 g/mol. The first-order valence-corrected chi connectivity index (χ1v) is 26.5. The number of ether oxygens (including phenoxy) is 1. The fourth-order valence-corrected chi connectivity index (χ4v) is 8.88. The van der Waals surface area contributed by atoms with E-state index in [9.17, 15) is 14.4 Å². The van der Waals surface area contributed by atoms with Crippen LogP contribution in [0.1, 0.15) is 84.4 Å². The summed E-state index contributed by atoms with van der Waals surface area (Å²) in [4.78, 5) is 64.7. The van der Waals surface area contributed by atoms with Gasteiger partial charge in [0, 0.05) is 82.0 Å². The lowest BCUT2D eigenvalue weighted by atomic mass is 9.92. The minimum absolute atomic E-state index is 0. The molecule has 0 radical (unpaired) electrons. The van der Waals surface area contributed by atoms with Crippen molar-refractivity contribution in [3.8, 4) is 68.6 Å². The van der Waals surface area contributed by atoms with Gasteiger partial charge in [-0.15, -0.1) is 20.4 Å². The van der Waals surface area contributed by atoms with Crippen LogP contribution in [0.5, 0.6) is 0 Å². The Labute approximate surface area is 462 Å². The normalized spacial score (nSPS) is 14.4. The van der Waals surface area contributed by atoms with E-state index < -0.39 is 5.60 Å². The third kappa shape index (κ3) is 14.2. The molecule has 2 saturated heterocycles. The maximum Gasteiger partial charge on any atom is 0.410 e. The van der Waals surface area contributed by atoms with Gasteiger partial charge in [0.25, 0.3) is 23.6 Å². The van der Waals surface area contributed by atoms with E-state index in [1.807, 2.05) is 123 Å². The first kappa shape index (κ1) is 54.9. The number of rotatable bonds is 10. The number of amides is 3. The minimum Gasteiger partial charge on any atom is -0.444 e. The van der Waals surface area contributed by atoms with Gasteiger partial charge in [-0.2, -0.15) is 0 Å². The van der Waals surface area contributed by atoms with Crippen molar-refractivity contribution in [2.24, 2.45) is 5.41 Å². The van der Waals surface area contributed by atoms with Gasteiger partial charge in [-0.3, -0.25) is 9.59 Å². The van der Waals surface area contributed by atoms with Crippen molar-refractivity contribution in [2.75, 3.05) is 70.4 Å². The molecule has 0 atom stereocenters. The molecule has 0 spiro atoms. The maximum absolute atomic E-state index is 13.3. The van der Waals surface area contributed by atoms with Gasteiger partial charge in [0.2, 0.25) is 11.8 Å².